The van der Waals surface area contributed by atoms with Crippen molar-refractivity contribution in [2.24, 2.45) is 5.73 Å². The molecule has 3 N–H and O–H groups in total. The Morgan fingerprint density at radius 2 is 2.27 bits per heavy atom. The molecule has 82 valence electrons. The zero-order valence-electron chi connectivity index (χ0n) is 8.51. The summed E-state index contributed by atoms with van der Waals surface area (Å²) in [6.45, 7) is 0. The van der Waals surface area contributed by atoms with Gasteiger partial charge in [0.1, 0.15) is 6.33 Å². The Kier molecular flexibility index (Phi) is 5.06. The Bertz CT molecular complexity index is 306. The fourth-order valence-electron chi connectivity index (χ4n) is 0.975. The van der Waals surface area contributed by atoms with Gasteiger partial charge in [0.05, 0.1) is 24.1 Å². The third-order valence-electron chi connectivity index (χ3n) is 1.80. The second-order valence-electron chi connectivity index (χ2n) is 3.00. The van der Waals surface area contributed by atoms with E-state index in [1.165, 1.54) is 18.7 Å². The summed E-state index contributed by atoms with van der Waals surface area (Å²) in [7, 11) is 0. The lowest BCUT2D eigenvalue weighted by Crippen LogP contribution is -2.36. The number of carbonyl (C=O) groups is 1. The van der Waals surface area contributed by atoms with Crippen LogP contribution in [0.5, 0.6) is 0 Å². The smallest absolute Gasteiger partial charge is 0.241 e. The largest absolute Gasteiger partial charge is 0.322 e. The molecule has 0 bridgehead atoms. The molecule has 0 aliphatic heterocycles. The average molecular weight is 226 g/mol. The van der Waals surface area contributed by atoms with Crippen molar-refractivity contribution in [1.82, 2.24) is 9.97 Å². The van der Waals surface area contributed by atoms with Gasteiger partial charge in [-0.25, -0.2) is 9.97 Å². The van der Waals surface area contributed by atoms with Crippen molar-refractivity contribution in [2.45, 2.75) is 12.5 Å². The molecule has 0 saturated carbocycles. The highest BCUT2D eigenvalue weighted by atomic mass is 32.2. The molecule has 15 heavy (non-hydrogen) atoms. The van der Waals surface area contributed by atoms with Crippen LogP contribution in [-0.2, 0) is 4.79 Å². The van der Waals surface area contributed by atoms with E-state index in [9.17, 15) is 4.79 Å². The molecule has 0 unspecified atom stereocenters. The van der Waals surface area contributed by atoms with Crippen molar-refractivity contribution in [3.8, 4) is 0 Å². The minimum Gasteiger partial charge on any atom is -0.322 e. The summed E-state index contributed by atoms with van der Waals surface area (Å²) in [5.41, 5.74) is 6.26. The summed E-state index contributed by atoms with van der Waals surface area (Å²) >= 11 is 1.67. The summed E-state index contributed by atoms with van der Waals surface area (Å²) in [6, 6.07) is -0.474. The molecule has 0 aliphatic rings. The number of thioether (sulfide) groups is 1. The molecule has 0 radical (unpaired) electrons. The Balaban J connectivity index is 2.42. The zero-order chi connectivity index (χ0) is 11.1. The van der Waals surface area contributed by atoms with Gasteiger partial charge >= 0.3 is 0 Å². The van der Waals surface area contributed by atoms with Crippen LogP contribution in [0, 0.1) is 0 Å². The van der Waals surface area contributed by atoms with Crippen LogP contribution in [0.4, 0.5) is 5.69 Å². The monoisotopic (exact) mass is 226 g/mol. The number of nitrogens with two attached hydrogens (primary N) is 1. The summed E-state index contributed by atoms with van der Waals surface area (Å²) in [5, 5.41) is 2.65. The van der Waals surface area contributed by atoms with Crippen molar-refractivity contribution >= 4 is 23.4 Å². The molecule has 1 aromatic rings. The van der Waals surface area contributed by atoms with Crippen LogP contribution in [0.1, 0.15) is 6.42 Å². The molecule has 1 rings (SSSR count). The van der Waals surface area contributed by atoms with Crippen molar-refractivity contribution in [1.29, 1.82) is 0 Å². The molecule has 1 heterocycles. The van der Waals surface area contributed by atoms with Crippen LogP contribution in [0.15, 0.2) is 18.7 Å². The van der Waals surface area contributed by atoms with Gasteiger partial charge in [-0.15, -0.1) is 0 Å². The molecule has 0 aliphatic carbocycles. The van der Waals surface area contributed by atoms with E-state index in [2.05, 4.69) is 15.3 Å². The molecule has 0 spiro atoms. The van der Waals surface area contributed by atoms with Gasteiger partial charge < -0.3 is 11.1 Å². The van der Waals surface area contributed by atoms with Crippen LogP contribution in [-0.4, -0.2) is 33.9 Å². The third-order valence-corrected chi connectivity index (χ3v) is 2.44. The Labute approximate surface area is 92.9 Å². The number of anilines is 1. The van der Waals surface area contributed by atoms with Crippen molar-refractivity contribution < 1.29 is 4.79 Å². The molecule has 1 atom stereocenters. The number of nitrogens with zero attached hydrogens (tertiary/aromatic N) is 2. The van der Waals surface area contributed by atoms with E-state index >= 15 is 0 Å². The van der Waals surface area contributed by atoms with E-state index in [-0.39, 0.29) is 5.91 Å². The van der Waals surface area contributed by atoms with Gasteiger partial charge in [-0.1, -0.05) is 0 Å². The maximum Gasteiger partial charge on any atom is 0.241 e. The van der Waals surface area contributed by atoms with Crippen LogP contribution in [0.3, 0.4) is 0 Å². The lowest BCUT2D eigenvalue weighted by molar-refractivity contribution is -0.117. The molecule has 6 heteroatoms. The van der Waals surface area contributed by atoms with Crippen molar-refractivity contribution in [2.75, 3.05) is 17.3 Å². The van der Waals surface area contributed by atoms with Crippen LogP contribution in [0.2, 0.25) is 0 Å². The fourth-order valence-corrected chi connectivity index (χ4v) is 1.46. The Morgan fingerprint density at radius 1 is 1.60 bits per heavy atom. The number of hydrogen-bond donors (Lipinski definition) is 2. The predicted molar refractivity (Wildman–Crippen MR) is 61.6 cm³/mol. The first-order chi connectivity index (χ1) is 7.24. The number of rotatable bonds is 5. The highest BCUT2D eigenvalue weighted by Gasteiger charge is 2.12. The molecule has 5 nitrogen and oxygen atoms in total. The summed E-state index contributed by atoms with van der Waals surface area (Å²) in [4.78, 5) is 19.1. The normalized spacial score (nSPS) is 12.1. The first-order valence-corrected chi connectivity index (χ1v) is 5.94. The molecular weight excluding hydrogens is 212 g/mol. The lowest BCUT2D eigenvalue weighted by atomic mass is 10.2. The van der Waals surface area contributed by atoms with Gasteiger partial charge in [0.15, 0.2) is 0 Å². The SMILES string of the molecule is CSCC[C@H](N)C(=O)Nc1cncnc1. The van der Waals surface area contributed by atoms with Gasteiger partial charge in [0.25, 0.3) is 0 Å². The maximum atomic E-state index is 11.5. The Morgan fingerprint density at radius 3 is 2.87 bits per heavy atom. The van der Waals surface area contributed by atoms with Gasteiger partial charge in [-0.3, -0.25) is 4.79 Å². The average Bonchev–Trinajstić information content (AvgIpc) is 2.27. The van der Waals surface area contributed by atoms with Crippen molar-refractivity contribution in [3.63, 3.8) is 0 Å². The highest BCUT2D eigenvalue weighted by Crippen LogP contribution is 2.04. The first-order valence-electron chi connectivity index (χ1n) is 4.54. The van der Waals surface area contributed by atoms with Gasteiger partial charge in [0, 0.05) is 0 Å². The fraction of sp³-hybridized carbons (Fsp3) is 0.444. The number of aromatic nitrogens is 2. The molecule has 1 aromatic heterocycles. The second-order valence-corrected chi connectivity index (χ2v) is 3.99. The molecular formula is C9H14N4OS. The van der Waals surface area contributed by atoms with Gasteiger partial charge in [0.2, 0.25) is 5.91 Å². The van der Waals surface area contributed by atoms with Gasteiger partial charge in [-0.2, -0.15) is 11.8 Å². The molecule has 0 aromatic carbocycles. The minimum atomic E-state index is -0.474. The Hall–Kier alpha value is -1.14. The van der Waals surface area contributed by atoms with E-state index in [4.69, 9.17) is 5.73 Å². The zero-order valence-corrected chi connectivity index (χ0v) is 9.33. The molecule has 0 saturated heterocycles. The first kappa shape index (κ1) is 11.9. The van der Waals surface area contributed by atoms with E-state index in [1.54, 1.807) is 11.8 Å². The van der Waals surface area contributed by atoms with Crippen LogP contribution < -0.4 is 11.1 Å². The van der Waals surface area contributed by atoms with Crippen LogP contribution in [0.25, 0.3) is 0 Å². The maximum absolute atomic E-state index is 11.5. The predicted octanol–water partition coefficient (Wildman–Crippen LogP) is 0.495. The topological polar surface area (TPSA) is 80.9 Å². The third kappa shape index (κ3) is 4.26. The van der Waals surface area contributed by atoms with E-state index in [0.29, 0.717) is 12.1 Å². The lowest BCUT2D eigenvalue weighted by Gasteiger charge is -2.10. The van der Waals surface area contributed by atoms with Crippen molar-refractivity contribution in [3.05, 3.63) is 18.7 Å². The van der Waals surface area contributed by atoms with Gasteiger partial charge in [-0.05, 0) is 18.4 Å². The molecule has 1 amide bonds. The number of nitrogens with one attached hydrogen (secondary N) is 1. The standard InChI is InChI=1S/C9H14N4OS/c1-15-3-2-8(10)9(14)13-7-4-11-6-12-5-7/h4-6,8H,2-3,10H2,1H3,(H,13,14)/t8-/m0/s1. The van der Waals surface area contributed by atoms with E-state index in [0.717, 1.165) is 5.75 Å². The van der Waals surface area contributed by atoms with E-state index < -0.39 is 6.04 Å². The summed E-state index contributed by atoms with van der Waals surface area (Å²) in [5.74, 6) is 0.679. The second kappa shape index (κ2) is 6.36. The van der Waals surface area contributed by atoms with Crippen LogP contribution >= 0.6 is 11.8 Å². The molecule has 0 fully saturated rings. The highest BCUT2D eigenvalue weighted by molar-refractivity contribution is 7.98. The summed E-state index contributed by atoms with van der Waals surface area (Å²) < 4.78 is 0. The van der Waals surface area contributed by atoms with E-state index in [1.807, 2.05) is 6.26 Å². The number of amides is 1. The quantitative estimate of drug-likeness (QED) is 0.764. The minimum absolute atomic E-state index is 0.196. The summed E-state index contributed by atoms with van der Waals surface area (Å²) in [6.07, 6.45) is 7.12. The number of hydrogen-bond acceptors (Lipinski definition) is 5. The number of carbonyl (C=O) groups excluding carboxylic acids is 1.